The van der Waals surface area contributed by atoms with Gasteiger partial charge < -0.3 is 15.5 Å². The van der Waals surface area contributed by atoms with Crippen molar-refractivity contribution in [3.63, 3.8) is 0 Å². The Morgan fingerprint density at radius 2 is 1.48 bits per heavy atom. The highest BCUT2D eigenvalue weighted by Crippen LogP contribution is 2.34. The van der Waals surface area contributed by atoms with E-state index in [2.05, 4.69) is 47.8 Å². The number of nitrogens with one attached hydrogen (secondary N) is 1. The minimum Gasteiger partial charge on any atom is -0.504 e. The summed E-state index contributed by atoms with van der Waals surface area (Å²) in [6.07, 6.45) is 2.90. The Morgan fingerprint density at radius 3 is 2.24 bits per heavy atom. The molecule has 0 unspecified atom stereocenters. The fourth-order valence-corrected chi connectivity index (χ4v) is 3.20. The number of rotatable bonds is 2. The predicted molar refractivity (Wildman–Crippen MR) is 101 cm³/mol. The third-order valence-electron chi connectivity index (χ3n) is 4.53. The predicted octanol–water partition coefficient (Wildman–Crippen LogP) is 4.41. The maximum absolute atomic E-state index is 9.82. The van der Waals surface area contributed by atoms with Crippen LogP contribution in [0.5, 0.6) is 11.5 Å². The molecule has 3 N–H and O–H groups in total. The van der Waals surface area contributed by atoms with E-state index in [1.165, 1.54) is 11.1 Å². The van der Waals surface area contributed by atoms with Crippen LogP contribution in [0.1, 0.15) is 16.7 Å². The molecule has 0 bridgehead atoms. The zero-order valence-corrected chi connectivity index (χ0v) is 13.7. The molecule has 0 saturated carbocycles. The molecule has 0 saturated heterocycles. The van der Waals surface area contributed by atoms with Crippen LogP contribution >= 0.6 is 0 Å². The number of benzene rings is 3. The molecule has 3 heteroatoms. The fourth-order valence-electron chi connectivity index (χ4n) is 3.20. The molecular weight excluding hydrogens is 310 g/mol. The van der Waals surface area contributed by atoms with Gasteiger partial charge in [0.1, 0.15) is 0 Å². The molecule has 0 spiro atoms. The summed E-state index contributed by atoms with van der Waals surface area (Å²) in [5.41, 5.74) is 6.41. The van der Waals surface area contributed by atoms with E-state index in [1.54, 1.807) is 12.1 Å². The minimum absolute atomic E-state index is 0.0628. The van der Waals surface area contributed by atoms with Crippen molar-refractivity contribution in [3.05, 3.63) is 83.4 Å². The molecule has 0 aromatic heterocycles. The normalized spacial score (nSPS) is 14.8. The molecule has 0 atom stereocenters. The van der Waals surface area contributed by atoms with Gasteiger partial charge in [-0.05, 0) is 46.9 Å². The Bertz CT molecular complexity index is 928. The molecule has 3 nitrogen and oxygen atoms in total. The number of aromatic hydroxyl groups is 2. The molecule has 3 aromatic carbocycles. The summed E-state index contributed by atoms with van der Waals surface area (Å²) in [5.74, 6) is -0.153. The SMILES string of the molecule is Oc1cc2c(cc1O)/C(=C/c1ccc(-c3ccccc3)cc1)NCC2. The lowest BCUT2D eigenvalue weighted by Crippen LogP contribution is -2.22. The molecule has 124 valence electrons. The lowest BCUT2D eigenvalue weighted by Gasteiger charge is -2.22. The summed E-state index contributed by atoms with van der Waals surface area (Å²) in [5, 5.41) is 22.9. The van der Waals surface area contributed by atoms with Gasteiger partial charge >= 0.3 is 0 Å². The highest BCUT2D eigenvalue weighted by molar-refractivity contribution is 5.84. The number of phenolic OH excluding ortho intramolecular Hbond substituents is 2. The molecule has 1 aliphatic rings. The van der Waals surface area contributed by atoms with Gasteiger partial charge in [0, 0.05) is 17.8 Å². The second kappa shape index (κ2) is 6.36. The Kier molecular flexibility index (Phi) is 3.90. The third kappa shape index (κ3) is 3.09. The second-order valence-corrected chi connectivity index (χ2v) is 6.22. The van der Waals surface area contributed by atoms with E-state index in [0.717, 1.165) is 35.4 Å². The van der Waals surface area contributed by atoms with E-state index in [-0.39, 0.29) is 11.5 Å². The molecule has 1 heterocycles. The zero-order valence-electron chi connectivity index (χ0n) is 13.7. The highest BCUT2D eigenvalue weighted by atomic mass is 16.3. The molecule has 0 fully saturated rings. The van der Waals surface area contributed by atoms with Gasteiger partial charge in [-0.3, -0.25) is 0 Å². The lowest BCUT2D eigenvalue weighted by atomic mass is 9.95. The number of phenols is 2. The van der Waals surface area contributed by atoms with E-state index in [4.69, 9.17) is 0 Å². The largest absolute Gasteiger partial charge is 0.504 e. The summed E-state index contributed by atoms with van der Waals surface area (Å²) in [6.45, 7) is 0.811. The van der Waals surface area contributed by atoms with E-state index in [9.17, 15) is 10.2 Å². The third-order valence-corrected chi connectivity index (χ3v) is 4.53. The van der Waals surface area contributed by atoms with E-state index >= 15 is 0 Å². The molecule has 0 radical (unpaired) electrons. The van der Waals surface area contributed by atoms with Gasteiger partial charge in [-0.1, -0.05) is 54.6 Å². The summed E-state index contributed by atoms with van der Waals surface area (Å²) in [6, 6.07) is 22.0. The molecule has 1 aliphatic heterocycles. The van der Waals surface area contributed by atoms with Crippen molar-refractivity contribution in [1.82, 2.24) is 5.32 Å². The van der Waals surface area contributed by atoms with Crippen LogP contribution in [0.4, 0.5) is 0 Å². The first-order chi connectivity index (χ1) is 12.2. The van der Waals surface area contributed by atoms with Crippen LogP contribution in [-0.4, -0.2) is 16.8 Å². The first-order valence-electron chi connectivity index (χ1n) is 8.37. The smallest absolute Gasteiger partial charge is 0.158 e. The molecule has 3 aromatic rings. The first kappa shape index (κ1) is 15.3. The Labute approximate surface area is 146 Å². The van der Waals surface area contributed by atoms with E-state index in [1.807, 2.05) is 18.2 Å². The van der Waals surface area contributed by atoms with Crippen LogP contribution in [0.3, 0.4) is 0 Å². The summed E-state index contributed by atoms with van der Waals surface area (Å²) in [4.78, 5) is 0. The van der Waals surface area contributed by atoms with Gasteiger partial charge in [-0.2, -0.15) is 0 Å². The quantitative estimate of drug-likeness (QED) is 0.611. The first-order valence-corrected chi connectivity index (χ1v) is 8.37. The van der Waals surface area contributed by atoms with Gasteiger partial charge in [0.05, 0.1) is 0 Å². The van der Waals surface area contributed by atoms with Gasteiger partial charge in [0.15, 0.2) is 11.5 Å². The molecular formula is C22H19NO2. The van der Waals surface area contributed by atoms with Crippen molar-refractivity contribution in [3.8, 4) is 22.6 Å². The van der Waals surface area contributed by atoms with Crippen LogP contribution < -0.4 is 5.32 Å². The van der Waals surface area contributed by atoms with Gasteiger partial charge in [-0.15, -0.1) is 0 Å². The summed E-state index contributed by atoms with van der Waals surface area (Å²) < 4.78 is 0. The Morgan fingerprint density at radius 1 is 0.800 bits per heavy atom. The van der Waals surface area contributed by atoms with Crippen molar-refractivity contribution in [2.24, 2.45) is 0 Å². The van der Waals surface area contributed by atoms with Crippen molar-refractivity contribution >= 4 is 11.8 Å². The van der Waals surface area contributed by atoms with Gasteiger partial charge in [0.25, 0.3) is 0 Å². The lowest BCUT2D eigenvalue weighted by molar-refractivity contribution is 0.402. The average molecular weight is 329 g/mol. The maximum Gasteiger partial charge on any atom is 0.158 e. The molecule has 0 aliphatic carbocycles. The zero-order chi connectivity index (χ0) is 17.2. The Hall–Kier alpha value is -3.20. The average Bonchev–Trinajstić information content (AvgIpc) is 2.65. The van der Waals surface area contributed by atoms with Crippen LogP contribution in [0.2, 0.25) is 0 Å². The van der Waals surface area contributed by atoms with Crippen LogP contribution in [-0.2, 0) is 6.42 Å². The topological polar surface area (TPSA) is 52.5 Å². The monoisotopic (exact) mass is 329 g/mol. The number of fused-ring (bicyclic) bond motifs is 1. The Balaban J connectivity index is 1.67. The van der Waals surface area contributed by atoms with Gasteiger partial charge in [0.2, 0.25) is 0 Å². The van der Waals surface area contributed by atoms with E-state index < -0.39 is 0 Å². The number of hydrogen-bond acceptors (Lipinski definition) is 3. The summed E-state index contributed by atoms with van der Waals surface area (Å²) >= 11 is 0. The molecule has 4 rings (SSSR count). The maximum atomic E-state index is 9.82. The minimum atomic E-state index is -0.0900. The molecule has 25 heavy (non-hydrogen) atoms. The van der Waals surface area contributed by atoms with Crippen molar-refractivity contribution in [1.29, 1.82) is 0 Å². The standard InChI is InChI=1S/C22H19NO2/c24-21-13-18-10-11-23-20(19(18)14-22(21)25)12-15-6-8-17(9-7-15)16-4-2-1-3-5-16/h1-9,12-14,23-25H,10-11H2/b20-12-. The van der Waals surface area contributed by atoms with Crippen LogP contribution in [0, 0.1) is 0 Å². The van der Waals surface area contributed by atoms with Gasteiger partial charge in [-0.25, -0.2) is 0 Å². The van der Waals surface area contributed by atoms with Crippen molar-refractivity contribution in [2.45, 2.75) is 6.42 Å². The van der Waals surface area contributed by atoms with Crippen LogP contribution in [0.25, 0.3) is 22.9 Å². The highest BCUT2D eigenvalue weighted by Gasteiger charge is 2.16. The van der Waals surface area contributed by atoms with Crippen LogP contribution in [0.15, 0.2) is 66.7 Å². The van der Waals surface area contributed by atoms with E-state index in [0.29, 0.717) is 0 Å². The molecule has 0 amide bonds. The fraction of sp³-hybridized carbons (Fsp3) is 0.0909. The summed E-state index contributed by atoms with van der Waals surface area (Å²) in [7, 11) is 0. The number of hydrogen-bond donors (Lipinski definition) is 3. The second-order valence-electron chi connectivity index (χ2n) is 6.22. The van der Waals surface area contributed by atoms with Crippen molar-refractivity contribution in [2.75, 3.05) is 6.54 Å². The van der Waals surface area contributed by atoms with Crippen molar-refractivity contribution < 1.29 is 10.2 Å².